The van der Waals surface area contributed by atoms with Crippen LogP contribution in [-0.2, 0) is 17.8 Å². The van der Waals surface area contributed by atoms with Crippen molar-refractivity contribution in [1.82, 2.24) is 9.47 Å². The summed E-state index contributed by atoms with van der Waals surface area (Å²) in [6.45, 7) is 6.96. The minimum atomic E-state index is -0.145. The van der Waals surface area contributed by atoms with Crippen LogP contribution in [0.15, 0.2) is 71.3 Å². The van der Waals surface area contributed by atoms with Crippen LogP contribution in [0.25, 0.3) is 11.1 Å². The van der Waals surface area contributed by atoms with Gasteiger partial charge < -0.3 is 19.0 Å². The first-order valence-corrected chi connectivity index (χ1v) is 11.0. The van der Waals surface area contributed by atoms with Crippen LogP contribution in [0.3, 0.4) is 0 Å². The van der Waals surface area contributed by atoms with Crippen LogP contribution in [-0.4, -0.2) is 41.7 Å². The third-order valence-electron chi connectivity index (χ3n) is 6.04. The van der Waals surface area contributed by atoms with Crippen molar-refractivity contribution in [1.29, 1.82) is 0 Å². The van der Waals surface area contributed by atoms with Gasteiger partial charge in [-0.3, -0.25) is 9.69 Å². The van der Waals surface area contributed by atoms with Gasteiger partial charge in [-0.15, -0.1) is 0 Å². The SMILES string of the molecule is Cc1ccccc1Cn1c(C(=O)Nc2cccc(CN3CCOCC3)c2)cc2occc21. The highest BCUT2D eigenvalue weighted by atomic mass is 16.5. The lowest BCUT2D eigenvalue weighted by Gasteiger charge is -2.26. The van der Waals surface area contributed by atoms with E-state index in [0.717, 1.165) is 44.1 Å². The smallest absolute Gasteiger partial charge is 0.272 e. The fourth-order valence-corrected chi connectivity index (χ4v) is 4.25. The van der Waals surface area contributed by atoms with Crippen LogP contribution in [0.2, 0.25) is 0 Å². The maximum Gasteiger partial charge on any atom is 0.272 e. The number of amides is 1. The predicted octanol–water partition coefficient (Wildman–Crippen LogP) is 4.68. The minimum absolute atomic E-state index is 0.145. The van der Waals surface area contributed by atoms with E-state index in [1.165, 1.54) is 16.7 Å². The molecule has 1 N–H and O–H groups in total. The van der Waals surface area contributed by atoms with Crippen molar-refractivity contribution >= 4 is 22.7 Å². The summed E-state index contributed by atoms with van der Waals surface area (Å²) in [6, 6.07) is 20.0. The Morgan fingerprint density at radius 2 is 1.84 bits per heavy atom. The van der Waals surface area contributed by atoms with Crippen LogP contribution < -0.4 is 5.32 Å². The van der Waals surface area contributed by atoms with Crippen LogP contribution in [0.4, 0.5) is 5.69 Å². The quantitative estimate of drug-likeness (QED) is 0.484. The van der Waals surface area contributed by atoms with E-state index in [0.29, 0.717) is 17.8 Å². The molecule has 3 heterocycles. The van der Waals surface area contributed by atoms with Crippen molar-refractivity contribution in [3.63, 3.8) is 0 Å². The van der Waals surface area contributed by atoms with Crippen molar-refractivity contribution in [3.8, 4) is 0 Å². The average molecular weight is 430 g/mol. The highest BCUT2D eigenvalue weighted by molar-refractivity contribution is 6.05. The molecule has 0 spiro atoms. The molecule has 1 amide bonds. The van der Waals surface area contributed by atoms with Crippen LogP contribution in [0.5, 0.6) is 0 Å². The van der Waals surface area contributed by atoms with Gasteiger partial charge in [0.05, 0.1) is 25.0 Å². The number of aromatic nitrogens is 1. The molecular formula is C26H27N3O3. The van der Waals surface area contributed by atoms with Gasteiger partial charge in [0.15, 0.2) is 5.58 Å². The normalized spacial score (nSPS) is 14.7. The lowest BCUT2D eigenvalue weighted by molar-refractivity contribution is 0.0342. The van der Waals surface area contributed by atoms with Crippen LogP contribution >= 0.6 is 0 Å². The van der Waals surface area contributed by atoms with Gasteiger partial charge >= 0.3 is 0 Å². The summed E-state index contributed by atoms with van der Waals surface area (Å²) >= 11 is 0. The van der Waals surface area contributed by atoms with Crippen molar-refractivity contribution in [2.24, 2.45) is 0 Å². The topological polar surface area (TPSA) is 59.6 Å². The molecule has 4 aromatic rings. The third kappa shape index (κ3) is 4.33. The van der Waals surface area contributed by atoms with E-state index in [1.54, 1.807) is 6.26 Å². The van der Waals surface area contributed by atoms with E-state index in [9.17, 15) is 4.79 Å². The maximum absolute atomic E-state index is 13.3. The Hall–Kier alpha value is -3.35. The molecule has 6 heteroatoms. The summed E-state index contributed by atoms with van der Waals surface area (Å²) < 4.78 is 13.1. The molecule has 0 unspecified atom stereocenters. The number of hydrogen-bond acceptors (Lipinski definition) is 4. The fraction of sp³-hybridized carbons (Fsp3) is 0.269. The van der Waals surface area contributed by atoms with E-state index >= 15 is 0 Å². The lowest BCUT2D eigenvalue weighted by atomic mass is 10.1. The molecule has 6 nitrogen and oxygen atoms in total. The average Bonchev–Trinajstić information content (AvgIpc) is 3.39. The van der Waals surface area contributed by atoms with Crippen molar-refractivity contribution in [2.75, 3.05) is 31.6 Å². The number of furan rings is 1. The Labute approximate surface area is 187 Å². The highest BCUT2D eigenvalue weighted by Gasteiger charge is 2.19. The van der Waals surface area contributed by atoms with Gasteiger partial charge in [-0.2, -0.15) is 0 Å². The number of aryl methyl sites for hydroxylation is 1. The summed E-state index contributed by atoms with van der Waals surface area (Å²) in [5.74, 6) is -0.145. The van der Waals surface area contributed by atoms with E-state index in [2.05, 4.69) is 35.3 Å². The number of benzene rings is 2. The van der Waals surface area contributed by atoms with Crippen molar-refractivity contribution in [3.05, 3.63) is 89.3 Å². The number of carbonyl (C=O) groups is 1. The number of ether oxygens (including phenoxy) is 1. The number of rotatable bonds is 6. The van der Waals surface area contributed by atoms with Crippen molar-refractivity contribution in [2.45, 2.75) is 20.0 Å². The summed E-state index contributed by atoms with van der Waals surface area (Å²) in [5.41, 5.74) is 6.55. The molecule has 0 saturated carbocycles. The van der Waals surface area contributed by atoms with Crippen molar-refractivity contribution < 1.29 is 13.9 Å². The first-order valence-electron chi connectivity index (χ1n) is 11.0. The van der Waals surface area contributed by atoms with E-state index in [1.807, 2.05) is 47.0 Å². The molecule has 0 atom stereocenters. The molecule has 0 aliphatic carbocycles. The molecule has 2 aromatic heterocycles. The molecule has 164 valence electrons. The first kappa shape index (κ1) is 20.5. The maximum atomic E-state index is 13.3. The zero-order valence-corrected chi connectivity index (χ0v) is 18.2. The van der Waals surface area contributed by atoms with Gasteiger partial charge in [-0.1, -0.05) is 36.4 Å². The Balaban J connectivity index is 1.38. The molecule has 1 aliphatic heterocycles. The zero-order chi connectivity index (χ0) is 21.9. The summed E-state index contributed by atoms with van der Waals surface area (Å²) in [5, 5.41) is 3.08. The zero-order valence-electron chi connectivity index (χ0n) is 18.2. The molecule has 5 rings (SSSR count). The summed E-state index contributed by atoms with van der Waals surface area (Å²) in [6.07, 6.45) is 1.66. The molecule has 0 radical (unpaired) electrons. The van der Waals surface area contributed by atoms with Gasteiger partial charge in [-0.25, -0.2) is 0 Å². The molecule has 0 bridgehead atoms. The standard InChI is InChI=1S/C26H27N3O3/c1-19-5-2-3-7-21(19)18-29-23-9-12-32-25(23)16-24(29)26(30)27-22-8-4-6-20(15-22)17-28-10-13-31-14-11-28/h2-9,12,15-16H,10-11,13-14,17-18H2,1H3,(H,27,30). The second-order valence-corrected chi connectivity index (χ2v) is 8.26. The van der Waals surface area contributed by atoms with Gasteiger partial charge in [-0.05, 0) is 35.7 Å². The minimum Gasteiger partial charge on any atom is -0.463 e. The molecule has 1 saturated heterocycles. The van der Waals surface area contributed by atoms with Gasteiger partial charge in [0, 0.05) is 44.0 Å². The molecule has 1 fully saturated rings. The summed E-state index contributed by atoms with van der Waals surface area (Å²) in [7, 11) is 0. The molecule has 2 aromatic carbocycles. The number of carbonyl (C=O) groups excluding carboxylic acids is 1. The number of nitrogens with zero attached hydrogens (tertiary/aromatic N) is 2. The predicted molar refractivity (Wildman–Crippen MR) is 125 cm³/mol. The Morgan fingerprint density at radius 1 is 1.00 bits per heavy atom. The fourth-order valence-electron chi connectivity index (χ4n) is 4.25. The van der Waals surface area contributed by atoms with Gasteiger partial charge in [0.25, 0.3) is 5.91 Å². The van der Waals surface area contributed by atoms with E-state index in [4.69, 9.17) is 9.15 Å². The Bertz CT molecular complexity index is 1230. The number of morpholine rings is 1. The number of nitrogens with one attached hydrogen (secondary N) is 1. The van der Waals surface area contributed by atoms with Gasteiger partial charge in [0.2, 0.25) is 0 Å². The number of fused-ring (bicyclic) bond motifs is 1. The second-order valence-electron chi connectivity index (χ2n) is 8.26. The van der Waals surface area contributed by atoms with Gasteiger partial charge in [0.1, 0.15) is 5.69 Å². The number of anilines is 1. The Kier molecular flexibility index (Phi) is 5.79. The third-order valence-corrected chi connectivity index (χ3v) is 6.04. The largest absolute Gasteiger partial charge is 0.463 e. The highest BCUT2D eigenvalue weighted by Crippen LogP contribution is 2.24. The molecule has 1 aliphatic rings. The Morgan fingerprint density at radius 3 is 2.69 bits per heavy atom. The summed E-state index contributed by atoms with van der Waals surface area (Å²) in [4.78, 5) is 15.6. The lowest BCUT2D eigenvalue weighted by Crippen LogP contribution is -2.35. The second kappa shape index (κ2) is 9.02. The number of hydrogen-bond donors (Lipinski definition) is 1. The first-order chi connectivity index (χ1) is 15.7. The van der Waals surface area contributed by atoms with Crippen LogP contribution in [0.1, 0.15) is 27.2 Å². The van der Waals surface area contributed by atoms with E-state index in [-0.39, 0.29) is 5.91 Å². The molecular weight excluding hydrogens is 402 g/mol. The van der Waals surface area contributed by atoms with E-state index < -0.39 is 0 Å². The van der Waals surface area contributed by atoms with Crippen LogP contribution in [0, 0.1) is 6.92 Å². The monoisotopic (exact) mass is 429 g/mol. The molecule has 32 heavy (non-hydrogen) atoms.